The van der Waals surface area contributed by atoms with E-state index in [1.807, 2.05) is 0 Å². The number of hydrogen-bond donors (Lipinski definition) is 3. The molecule has 0 fully saturated rings. The molecule has 0 aliphatic rings. The summed E-state index contributed by atoms with van der Waals surface area (Å²) in [5, 5.41) is 11.4. The van der Waals surface area contributed by atoms with Gasteiger partial charge in [0.05, 0.1) is 12.8 Å². The lowest BCUT2D eigenvalue weighted by atomic mass is 10.1. The van der Waals surface area contributed by atoms with E-state index in [0.29, 0.717) is 5.69 Å². The largest absolute Gasteiger partial charge is 0.496 e. The summed E-state index contributed by atoms with van der Waals surface area (Å²) < 4.78 is 18.7. The van der Waals surface area contributed by atoms with Gasteiger partial charge in [-0.1, -0.05) is 6.07 Å². The fourth-order valence-corrected chi connectivity index (χ4v) is 1.94. The highest BCUT2D eigenvalue weighted by Crippen LogP contribution is 2.24. The van der Waals surface area contributed by atoms with Crippen molar-refractivity contribution in [2.45, 2.75) is 6.92 Å². The fourth-order valence-electron chi connectivity index (χ4n) is 1.94. The Morgan fingerprint density at radius 2 is 2.10 bits per heavy atom. The maximum Gasteiger partial charge on any atom is 0.354 e. The molecular formula is C14H13FN2O4. The van der Waals surface area contributed by atoms with E-state index in [1.165, 1.54) is 25.3 Å². The van der Waals surface area contributed by atoms with Gasteiger partial charge < -0.3 is 20.1 Å². The first-order valence-electron chi connectivity index (χ1n) is 6.00. The molecule has 0 saturated carbocycles. The third kappa shape index (κ3) is 2.86. The molecule has 1 aromatic carbocycles. The van der Waals surface area contributed by atoms with Crippen LogP contribution in [0.1, 0.15) is 26.5 Å². The number of halogens is 1. The number of aryl methyl sites for hydroxylation is 1. The summed E-state index contributed by atoms with van der Waals surface area (Å²) in [6.45, 7) is 1.64. The zero-order chi connectivity index (χ0) is 15.6. The zero-order valence-corrected chi connectivity index (χ0v) is 11.4. The van der Waals surface area contributed by atoms with Crippen LogP contribution in [-0.4, -0.2) is 29.1 Å². The van der Waals surface area contributed by atoms with E-state index >= 15 is 0 Å². The second kappa shape index (κ2) is 5.66. The number of benzene rings is 1. The van der Waals surface area contributed by atoms with Crippen LogP contribution in [0.4, 0.5) is 10.1 Å². The van der Waals surface area contributed by atoms with Gasteiger partial charge in [0.25, 0.3) is 5.91 Å². The normalized spacial score (nSPS) is 10.2. The molecule has 0 spiro atoms. The first-order valence-corrected chi connectivity index (χ1v) is 6.00. The van der Waals surface area contributed by atoms with Crippen molar-refractivity contribution >= 4 is 17.6 Å². The molecule has 0 atom stereocenters. The molecule has 21 heavy (non-hydrogen) atoms. The molecule has 0 unspecified atom stereocenters. The molecule has 110 valence electrons. The molecule has 2 rings (SSSR count). The number of anilines is 1. The Hall–Kier alpha value is -2.83. The fraction of sp³-hybridized carbons (Fsp3) is 0.143. The molecule has 0 radical (unpaired) electrons. The standard InChI is InChI=1S/C14H13FN2O4/c1-7-6-9(12(16-7)14(19)20)17-13(18)11-8(15)4-3-5-10(11)21-2/h3-6,16H,1-2H3,(H,17,18)(H,19,20). The number of nitrogens with one attached hydrogen (secondary N) is 2. The number of hydrogen-bond acceptors (Lipinski definition) is 3. The van der Waals surface area contributed by atoms with Gasteiger partial charge in [0.2, 0.25) is 0 Å². The van der Waals surface area contributed by atoms with Gasteiger partial charge in [0.15, 0.2) is 0 Å². The SMILES string of the molecule is COc1cccc(F)c1C(=O)Nc1cc(C)[nH]c1C(=O)O. The first-order chi connectivity index (χ1) is 9.93. The molecule has 1 amide bonds. The summed E-state index contributed by atoms with van der Waals surface area (Å²) in [6.07, 6.45) is 0. The van der Waals surface area contributed by atoms with E-state index in [0.717, 1.165) is 6.07 Å². The smallest absolute Gasteiger partial charge is 0.354 e. The minimum absolute atomic E-state index is 0.0651. The van der Waals surface area contributed by atoms with Gasteiger partial charge in [-0.05, 0) is 25.1 Å². The summed E-state index contributed by atoms with van der Waals surface area (Å²) in [5.74, 6) is -2.70. The summed E-state index contributed by atoms with van der Waals surface area (Å²) >= 11 is 0. The van der Waals surface area contributed by atoms with Crippen LogP contribution >= 0.6 is 0 Å². The van der Waals surface area contributed by atoms with Crippen molar-refractivity contribution in [2.75, 3.05) is 12.4 Å². The van der Waals surface area contributed by atoms with Crippen molar-refractivity contribution in [1.29, 1.82) is 0 Å². The average molecular weight is 292 g/mol. The Morgan fingerprint density at radius 3 is 2.71 bits per heavy atom. The summed E-state index contributed by atoms with van der Waals surface area (Å²) in [6, 6.07) is 5.43. The second-order valence-electron chi connectivity index (χ2n) is 4.32. The highest BCUT2D eigenvalue weighted by Gasteiger charge is 2.21. The molecule has 1 aromatic heterocycles. The van der Waals surface area contributed by atoms with Crippen molar-refractivity contribution in [3.63, 3.8) is 0 Å². The topological polar surface area (TPSA) is 91.4 Å². The Labute approximate surface area is 119 Å². The molecule has 6 nitrogen and oxygen atoms in total. The number of rotatable bonds is 4. The van der Waals surface area contributed by atoms with Gasteiger partial charge in [-0.25, -0.2) is 9.18 Å². The predicted molar refractivity (Wildman–Crippen MR) is 73.4 cm³/mol. The lowest BCUT2D eigenvalue weighted by Crippen LogP contribution is -2.16. The number of aromatic carboxylic acids is 1. The van der Waals surface area contributed by atoms with Crippen LogP contribution in [-0.2, 0) is 0 Å². The van der Waals surface area contributed by atoms with E-state index in [4.69, 9.17) is 9.84 Å². The molecule has 7 heteroatoms. The highest BCUT2D eigenvalue weighted by molar-refractivity contribution is 6.09. The maximum absolute atomic E-state index is 13.8. The van der Waals surface area contributed by atoms with E-state index < -0.39 is 17.7 Å². The Balaban J connectivity index is 2.37. The summed E-state index contributed by atoms with van der Waals surface area (Å²) in [7, 11) is 1.31. The average Bonchev–Trinajstić information content (AvgIpc) is 2.79. The minimum atomic E-state index is -1.22. The Kier molecular flexibility index (Phi) is 3.93. The van der Waals surface area contributed by atoms with Crippen LogP contribution in [0, 0.1) is 12.7 Å². The lowest BCUT2D eigenvalue weighted by Gasteiger charge is -2.09. The lowest BCUT2D eigenvalue weighted by molar-refractivity contribution is 0.0692. The van der Waals surface area contributed by atoms with Gasteiger partial charge in [-0.2, -0.15) is 0 Å². The molecule has 0 aliphatic heterocycles. The third-order valence-corrected chi connectivity index (χ3v) is 2.84. The van der Waals surface area contributed by atoms with E-state index in [1.54, 1.807) is 6.92 Å². The van der Waals surface area contributed by atoms with Crippen molar-refractivity contribution in [3.8, 4) is 5.75 Å². The molecule has 0 aliphatic carbocycles. The Bertz CT molecular complexity index is 709. The van der Waals surface area contributed by atoms with Crippen molar-refractivity contribution in [3.05, 3.63) is 47.0 Å². The quantitative estimate of drug-likeness (QED) is 0.807. The monoisotopic (exact) mass is 292 g/mol. The van der Waals surface area contributed by atoms with Crippen molar-refractivity contribution < 1.29 is 23.8 Å². The summed E-state index contributed by atoms with van der Waals surface area (Å²) in [4.78, 5) is 25.8. The van der Waals surface area contributed by atoms with Crippen LogP contribution < -0.4 is 10.1 Å². The number of amides is 1. The summed E-state index contributed by atoms with van der Waals surface area (Å²) in [5.41, 5.74) is 0.171. The number of carbonyl (C=O) groups excluding carboxylic acids is 1. The van der Waals surface area contributed by atoms with Crippen LogP contribution in [0.25, 0.3) is 0 Å². The van der Waals surface area contributed by atoms with Crippen LogP contribution in [0.2, 0.25) is 0 Å². The van der Waals surface area contributed by atoms with Crippen LogP contribution in [0.3, 0.4) is 0 Å². The van der Waals surface area contributed by atoms with E-state index in [-0.39, 0.29) is 22.7 Å². The third-order valence-electron chi connectivity index (χ3n) is 2.84. The number of methoxy groups -OCH3 is 1. The highest BCUT2D eigenvalue weighted by atomic mass is 19.1. The zero-order valence-electron chi connectivity index (χ0n) is 11.4. The number of carboxylic acid groups (broad SMARTS) is 1. The van der Waals surface area contributed by atoms with E-state index in [2.05, 4.69) is 10.3 Å². The molecular weight excluding hydrogens is 279 g/mol. The van der Waals surface area contributed by atoms with Gasteiger partial charge in [0.1, 0.15) is 22.8 Å². The number of ether oxygens (including phenoxy) is 1. The predicted octanol–water partition coefficient (Wildman–Crippen LogP) is 2.42. The molecule has 3 N–H and O–H groups in total. The van der Waals surface area contributed by atoms with Gasteiger partial charge in [-0.3, -0.25) is 4.79 Å². The minimum Gasteiger partial charge on any atom is -0.496 e. The molecule has 0 bridgehead atoms. The second-order valence-corrected chi connectivity index (χ2v) is 4.32. The van der Waals surface area contributed by atoms with Crippen molar-refractivity contribution in [1.82, 2.24) is 4.98 Å². The van der Waals surface area contributed by atoms with Crippen molar-refractivity contribution in [2.24, 2.45) is 0 Å². The molecule has 2 aromatic rings. The van der Waals surface area contributed by atoms with Gasteiger partial charge in [0, 0.05) is 5.69 Å². The molecule has 0 saturated heterocycles. The van der Waals surface area contributed by atoms with E-state index in [9.17, 15) is 14.0 Å². The molecule has 1 heterocycles. The number of H-pyrrole nitrogens is 1. The number of carboxylic acids is 1. The number of carbonyl (C=O) groups is 2. The maximum atomic E-state index is 13.8. The first kappa shape index (κ1) is 14.6. The van der Waals surface area contributed by atoms with Gasteiger partial charge >= 0.3 is 5.97 Å². The van der Waals surface area contributed by atoms with Crippen LogP contribution in [0.5, 0.6) is 5.75 Å². The number of aromatic nitrogens is 1. The van der Waals surface area contributed by atoms with Crippen LogP contribution in [0.15, 0.2) is 24.3 Å². The number of aromatic amines is 1. The van der Waals surface area contributed by atoms with Gasteiger partial charge in [-0.15, -0.1) is 0 Å². The Morgan fingerprint density at radius 1 is 1.38 bits per heavy atom.